The number of ether oxygens (including phenoxy) is 1. The average Bonchev–Trinajstić information content (AvgIpc) is 3.32. The molecular formula is C25H27FN6O2. The molecule has 2 bridgehead atoms. The Morgan fingerprint density at radius 1 is 1.24 bits per heavy atom. The number of rotatable bonds is 1. The fourth-order valence-electron chi connectivity index (χ4n) is 4.37. The molecular weight excluding hydrogens is 435 g/mol. The zero-order valence-electron chi connectivity index (χ0n) is 19.3. The van der Waals surface area contributed by atoms with Gasteiger partial charge in [-0.1, -0.05) is 12.1 Å². The molecule has 0 aliphatic carbocycles. The van der Waals surface area contributed by atoms with Gasteiger partial charge < -0.3 is 19.5 Å². The van der Waals surface area contributed by atoms with Crippen molar-refractivity contribution in [2.75, 3.05) is 32.1 Å². The topological polar surface area (TPSA) is 85.2 Å². The molecule has 176 valence electrons. The van der Waals surface area contributed by atoms with Crippen LogP contribution in [0.15, 0.2) is 42.7 Å². The SMILES string of the molecule is C[C@H]1CCCOc2cc(F)c(C3=CCN(C)CC3)cc2C(=O)Nc2cccc(n2)-c2nncn21. The molecule has 2 aliphatic rings. The number of benzene rings is 1. The van der Waals surface area contributed by atoms with Crippen LogP contribution in [0.4, 0.5) is 10.2 Å². The molecule has 34 heavy (non-hydrogen) atoms. The zero-order valence-corrected chi connectivity index (χ0v) is 19.3. The Bertz CT molecular complexity index is 1250. The van der Waals surface area contributed by atoms with Crippen LogP contribution in [0.25, 0.3) is 17.1 Å². The molecule has 0 spiro atoms. The lowest BCUT2D eigenvalue weighted by Gasteiger charge is -2.23. The Kier molecular flexibility index (Phi) is 6.10. The average molecular weight is 463 g/mol. The number of hydrogen-bond donors (Lipinski definition) is 1. The smallest absolute Gasteiger partial charge is 0.260 e. The first kappa shape index (κ1) is 22.2. The van der Waals surface area contributed by atoms with Gasteiger partial charge in [-0.25, -0.2) is 9.37 Å². The summed E-state index contributed by atoms with van der Waals surface area (Å²) in [5.41, 5.74) is 2.25. The molecule has 1 amide bonds. The van der Waals surface area contributed by atoms with Gasteiger partial charge in [0.05, 0.1) is 12.2 Å². The van der Waals surface area contributed by atoms with Gasteiger partial charge in [0.1, 0.15) is 29.4 Å². The van der Waals surface area contributed by atoms with Crippen molar-refractivity contribution in [1.82, 2.24) is 24.6 Å². The monoisotopic (exact) mass is 462 g/mol. The van der Waals surface area contributed by atoms with E-state index in [2.05, 4.69) is 32.3 Å². The Morgan fingerprint density at radius 2 is 2.12 bits per heavy atom. The van der Waals surface area contributed by atoms with Crippen LogP contribution >= 0.6 is 0 Å². The van der Waals surface area contributed by atoms with E-state index in [1.165, 1.54) is 6.07 Å². The number of anilines is 1. The van der Waals surface area contributed by atoms with Gasteiger partial charge in [-0.05, 0) is 57.0 Å². The van der Waals surface area contributed by atoms with Gasteiger partial charge in [0.15, 0.2) is 5.82 Å². The van der Waals surface area contributed by atoms with E-state index in [0.717, 1.165) is 31.5 Å². The molecule has 2 aliphatic heterocycles. The van der Waals surface area contributed by atoms with Crippen molar-refractivity contribution in [2.45, 2.75) is 32.2 Å². The van der Waals surface area contributed by atoms with Crippen LogP contribution < -0.4 is 10.1 Å². The molecule has 2 aromatic heterocycles. The van der Waals surface area contributed by atoms with Gasteiger partial charge in [-0.15, -0.1) is 10.2 Å². The molecule has 4 heterocycles. The summed E-state index contributed by atoms with van der Waals surface area (Å²) in [5, 5.41) is 11.1. The number of carbonyl (C=O) groups is 1. The molecule has 3 aromatic rings. The second kappa shape index (κ2) is 9.34. The summed E-state index contributed by atoms with van der Waals surface area (Å²) in [6.07, 6.45) is 5.93. The lowest BCUT2D eigenvalue weighted by atomic mass is 9.96. The molecule has 0 saturated heterocycles. The van der Waals surface area contributed by atoms with Crippen LogP contribution in [0.1, 0.15) is 48.1 Å². The van der Waals surface area contributed by atoms with E-state index in [1.807, 2.05) is 29.8 Å². The summed E-state index contributed by atoms with van der Waals surface area (Å²) in [6.45, 7) is 4.02. The van der Waals surface area contributed by atoms with Crippen molar-refractivity contribution in [3.8, 4) is 17.3 Å². The Balaban J connectivity index is 1.55. The minimum Gasteiger partial charge on any atom is -0.493 e. The predicted molar refractivity (Wildman–Crippen MR) is 127 cm³/mol. The number of halogens is 1. The van der Waals surface area contributed by atoms with Crippen LogP contribution in [0.2, 0.25) is 0 Å². The molecule has 1 atom stereocenters. The fraction of sp³-hybridized carbons (Fsp3) is 0.360. The number of fused-ring (bicyclic) bond motifs is 5. The van der Waals surface area contributed by atoms with Crippen molar-refractivity contribution in [1.29, 1.82) is 0 Å². The lowest BCUT2D eigenvalue weighted by molar-refractivity contribution is 0.102. The van der Waals surface area contributed by atoms with Crippen LogP contribution in [0.5, 0.6) is 5.75 Å². The lowest BCUT2D eigenvalue weighted by Crippen LogP contribution is -2.24. The van der Waals surface area contributed by atoms with E-state index in [9.17, 15) is 4.79 Å². The van der Waals surface area contributed by atoms with Crippen LogP contribution in [0, 0.1) is 5.82 Å². The molecule has 8 nitrogen and oxygen atoms in total. The fourth-order valence-corrected chi connectivity index (χ4v) is 4.37. The highest BCUT2D eigenvalue weighted by Gasteiger charge is 2.22. The number of likely N-dealkylation sites (N-methyl/N-ethyl adjacent to an activating group) is 1. The number of amides is 1. The van der Waals surface area contributed by atoms with Crippen molar-refractivity contribution in [3.63, 3.8) is 0 Å². The van der Waals surface area contributed by atoms with E-state index in [1.54, 1.807) is 18.5 Å². The quantitative estimate of drug-likeness (QED) is 0.584. The second-order valence-corrected chi connectivity index (χ2v) is 8.83. The van der Waals surface area contributed by atoms with E-state index in [4.69, 9.17) is 4.74 Å². The maximum absolute atomic E-state index is 15.1. The van der Waals surface area contributed by atoms with Gasteiger partial charge in [0, 0.05) is 30.8 Å². The maximum Gasteiger partial charge on any atom is 0.260 e. The number of carbonyl (C=O) groups excluding carboxylic acids is 1. The predicted octanol–water partition coefficient (Wildman–Crippen LogP) is 4.18. The summed E-state index contributed by atoms with van der Waals surface area (Å²) in [4.78, 5) is 20.1. The number of nitrogens with one attached hydrogen (secondary N) is 1. The molecule has 9 heteroatoms. The standard InChI is InChI=1S/C25H27FN6O2/c1-16-5-4-12-34-22-14-20(26)18(17-8-10-31(2)11-9-17)13-19(22)25(33)29-23-7-3-6-21(28-23)24-30-27-15-32(16)24/h3,6-8,13-16H,4-5,9-12H2,1-2H3,(H,28,29,33)/t16-/m0/s1. The summed E-state index contributed by atoms with van der Waals surface area (Å²) in [7, 11) is 2.03. The highest BCUT2D eigenvalue weighted by Crippen LogP contribution is 2.32. The normalized spacial score (nSPS) is 19.2. The van der Waals surface area contributed by atoms with Crippen LogP contribution in [-0.4, -0.2) is 57.3 Å². The third-order valence-electron chi connectivity index (χ3n) is 6.36. The molecule has 1 aromatic carbocycles. The van der Waals surface area contributed by atoms with Crippen molar-refractivity contribution < 1.29 is 13.9 Å². The molecule has 0 fully saturated rings. The largest absolute Gasteiger partial charge is 0.493 e. The van der Waals surface area contributed by atoms with Gasteiger partial charge in [-0.3, -0.25) is 4.79 Å². The van der Waals surface area contributed by atoms with Gasteiger partial charge in [-0.2, -0.15) is 0 Å². The van der Waals surface area contributed by atoms with Gasteiger partial charge in [0.2, 0.25) is 0 Å². The molecule has 0 saturated carbocycles. The summed E-state index contributed by atoms with van der Waals surface area (Å²) < 4.78 is 23.0. The Morgan fingerprint density at radius 3 is 2.94 bits per heavy atom. The van der Waals surface area contributed by atoms with Crippen molar-refractivity contribution in [2.24, 2.45) is 0 Å². The van der Waals surface area contributed by atoms with Gasteiger partial charge in [0.25, 0.3) is 5.91 Å². The minimum absolute atomic E-state index is 0.117. The molecule has 5 rings (SSSR count). The maximum atomic E-state index is 15.1. The first-order chi connectivity index (χ1) is 16.5. The second-order valence-electron chi connectivity index (χ2n) is 8.83. The van der Waals surface area contributed by atoms with Crippen molar-refractivity contribution in [3.05, 3.63) is 59.7 Å². The number of nitrogens with zero attached hydrogens (tertiary/aromatic N) is 5. The Hall–Kier alpha value is -3.59. The number of hydrogen-bond acceptors (Lipinski definition) is 6. The summed E-state index contributed by atoms with van der Waals surface area (Å²) in [5.74, 6) is 0.461. The molecule has 1 N–H and O–H groups in total. The summed E-state index contributed by atoms with van der Waals surface area (Å²) in [6, 6.07) is 8.41. The van der Waals surface area contributed by atoms with Crippen molar-refractivity contribution >= 4 is 17.3 Å². The number of pyridine rings is 1. The van der Waals surface area contributed by atoms with E-state index < -0.39 is 5.91 Å². The molecule has 0 radical (unpaired) electrons. The van der Waals surface area contributed by atoms with Crippen LogP contribution in [-0.2, 0) is 0 Å². The Labute approximate surface area is 197 Å². The van der Waals surface area contributed by atoms with E-state index >= 15 is 4.39 Å². The molecule has 0 unspecified atom stereocenters. The van der Waals surface area contributed by atoms with Crippen LogP contribution in [0.3, 0.4) is 0 Å². The number of aromatic nitrogens is 4. The summed E-state index contributed by atoms with van der Waals surface area (Å²) >= 11 is 0. The minimum atomic E-state index is -0.402. The first-order valence-electron chi connectivity index (χ1n) is 11.5. The van der Waals surface area contributed by atoms with Gasteiger partial charge >= 0.3 is 0 Å². The zero-order chi connectivity index (χ0) is 23.7. The highest BCUT2D eigenvalue weighted by molar-refractivity contribution is 6.06. The first-order valence-corrected chi connectivity index (χ1v) is 11.5. The highest BCUT2D eigenvalue weighted by atomic mass is 19.1. The van der Waals surface area contributed by atoms with E-state index in [0.29, 0.717) is 35.9 Å². The third kappa shape index (κ3) is 4.43. The third-order valence-corrected chi connectivity index (χ3v) is 6.36. The van der Waals surface area contributed by atoms with E-state index in [-0.39, 0.29) is 23.2 Å².